The van der Waals surface area contributed by atoms with Crippen LogP contribution in [0.1, 0.15) is 24.5 Å². The summed E-state index contributed by atoms with van der Waals surface area (Å²) in [6.45, 7) is 2.14. The van der Waals surface area contributed by atoms with E-state index in [4.69, 9.17) is 9.15 Å². The zero-order chi connectivity index (χ0) is 16.7. The average Bonchev–Trinajstić information content (AvgIpc) is 3.05. The predicted octanol–water partition coefficient (Wildman–Crippen LogP) is 0.930. The van der Waals surface area contributed by atoms with Crippen LogP contribution in [0.15, 0.2) is 22.8 Å². The van der Waals surface area contributed by atoms with E-state index < -0.39 is 5.41 Å². The molecule has 3 fully saturated rings. The summed E-state index contributed by atoms with van der Waals surface area (Å²) in [7, 11) is 1.66. The topological polar surface area (TPSA) is 83.8 Å². The van der Waals surface area contributed by atoms with Crippen molar-refractivity contribution in [2.75, 3.05) is 33.4 Å². The third-order valence-electron chi connectivity index (χ3n) is 5.68. The molecule has 130 valence electrons. The molecule has 2 aliphatic heterocycles. The molecule has 1 aromatic heterocycles. The van der Waals surface area contributed by atoms with Gasteiger partial charge in [-0.25, -0.2) is 4.79 Å². The first-order valence-electron chi connectivity index (χ1n) is 8.53. The Bertz CT molecular complexity index is 632. The summed E-state index contributed by atoms with van der Waals surface area (Å²) in [6, 6.07) is 3.84. The summed E-state index contributed by atoms with van der Waals surface area (Å²) in [5.41, 5.74) is -0.506. The normalized spacial score (nSPS) is 34.5. The number of carbonyl (C=O) groups is 2. The zero-order valence-corrected chi connectivity index (χ0v) is 13.8. The van der Waals surface area contributed by atoms with Gasteiger partial charge in [0.15, 0.2) is 0 Å². The van der Waals surface area contributed by atoms with E-state index in [1.807, 2.05) is 12.1 Å². The van der Waals surface area contributed by atoms with Gasteiger partial charge in [-0.3, -0.25) is 4.79 Å². The molecular weight excluding hydrogens is 310 g/mol. The fraction of sp³-hybridized carbons (Fsp3) is 0.647. The molecule has 0 unspecified atom stereocenters. The van der Waals surface area contributed by atoms with Crippen LogP contribution in [-0.2, 0) is 9.53 Å². The van der Waals surface area contributed by atoms with E-state index in [0.29, 0.717) is 32.7 Å². The molecule has 24 heavy (non-hydrogen) atoms. The summed E-state index contributed by atoms with van der Waals surface area (Å²) in [4.78, 5) is 26.8. The van der Waals surface area contributed by atoms with Crippen molar-refractivity contribution < 1.29 is 18.7 Å². The summed E-state index contributed by atoms with van der Waals surface area (Å²) in [5.74, 6) is 1.28. The van der Waals surface area contributed by atoms with Gasteiger partial charge in [0.25, 0.3) is 0 Å². The predicted molar refractivity (Wildman–Crippen MR) is 85.4 cm³/mol. The van der Waals surface area contributed by atoms with Crippen LogP contribution in [0.4, 0.5) is 4.79 Å². The molecular formula is C17H23N3O4. The number of rotatable bonds is 3. The van der Waals surface area contributed by atoms with Crippen molar-refractivity contribution in [3.8, 4) is 0 Å². The SMILES string of the molecule is CNC(=O)[C@@]12CCOC[C@@H]1CN(C(=O)N[C@@H]1C[C@H]1c1ccco1)C2. The second-order valence-corrected chi connectivity index (χ2v) is 7.05. The molecule has 0 aromatic carbocycles. The van der Waals surface area contributed by atoms with Crippen molar-refractivity contribution in [1.82, 2.24) is 15.5 Å². The van der Waals surface area contributed by atoms with Gasteiger partial charge in [-0.05, 0) is 25.0 Å². The van der Waals surface area contributed by atoms with Gasteiger partial charge in [0.1, 0.15) is 5.76 Å². The molecule has 0 radical (unpaired) electrons. The molecule has 7 heteroatoms. The van der Waals surface area contributed by atoms with Gasteiger partial charge in [0, 0.05) is 44.6 Å². The van der Waals surface area contributed by atoms with E-state index >= 15 is 0 Å². The maximum atomic E-state index is 12.6. The second-order valence-electron chi connectivity index (χ2n) is 7.05. The van der Waals surface area contributed by atoms with Crippen LogP contribution >= 0.6 is 0 Å². The Morgan fingerprint density at radius 1 is 1.42 bits per heavy atom. The molecule has 4 rings (SSSR count). The van der Waals surface area contributed by atoms with Crippen LogP contribution in [-0.4, -0.2) is 56.2 Å². The lowest BCUT2D eigenvalue weighted by atomic mass is 9.73. The van der Waals surface area contributed by atoms with Crippen LogP contribution < -0.4 is 10.6 Å². The van der Waals surface area contributed by atoms with Crippen molar-refractivity contribution in [1.29, 1.82) is 0 Å². The monoisotopic (exact) mass is 333 g/mol. The largest absolute Gasteiger partial charge is 0.469 e. The van der Waals surface area contributed by atoms with Gasteiger partial charge in [0.05, 0.1) is 18.3 Å². The molecule has 3 amide bonds. The Morgan fingerprint density at radius 3 is 3.04 bits per heavy atom. The Morgan fingerprint density at radius 2 is 2.29 bits per heavy atom. The van der Waals surface area contributed by atoms with E-state index in [-0.39, 0.29) is 29.8 Å². The fourth-order valence-electron chi connectivity index (χ4n) is 4.15. The van der Waals surface area contributed by atoms with Gasteiger partial charge in [-0.2, -0.15) is 0 Å². The minimum absolute atomic E-state index is 0.0194. The Kier molecular flexibility index (Phi) is 3.75. The number of hydrogen-bond donors (Lipinski definition) is 2. The number of nitrogens with one attached hydrogen (secondary N) is 2. The molecule has 4 atom stereocenters. The average molecular weight is 333 g/mol. The Balaban J connectivity index is 1.40. The van der Waals surface area contributed by atoms with Gasteiger partial charge in [0.2, 0.25) is 5.91 Å². The number of furan rings is 1. The molecule has 7 nitrogen and oxygen atoms in total. The van der Waals surface area contributed by atoms with Crippen LogP contribution in [0.25, 0.3) is 0 Å². The Labute approximate surface area is 140 Å². The lowest BCUT2D eigenvalue weighted by molar-refractivity contribution is -0.138. The molecule has 3 aliphatic rings. The van der Waals surface area contributed by atoms with Gasteiger partial charge in [-0.1, -0.05) is 0 Å². The highest BCUT2D eigenvalue weighted by Crippen LogP contribution is 2.44. The van der Waals surface area contributed by atoms with Crippen molar-refractivity contribution in [3.05, 3.63) is 24.2 Å². The minimum atomic E-state index is -0.506. The van der Waals surface area contributed by atoms with Crippen molar-refractivity contribution in [3.63, 3.8) is 0 Å². The fourth-order valence-corrected chi connectivity index (χ4v) is 4.15. The van der Waals surface area contributed by atoms with E-state index in [1.165, 1.54) is 0 Å². The lowest BCUT2D eigenvalue weighted by Crippen LogP contribution is -2.50. The number of urea groups is 1. The van der Waals surface area contributed by atoms with Crippen LogP contribution in [0.2, 0.25) is 0 Å². The van der Waals surface area contributed by atoms with E-state index in [0.717, 1.165) is 12.2 Å². The van der Waals surface area contributed by atoms with Crippen LogP contribution in [0.3, 0.4) is 0 Å². The summed E-state index contributed by atoms with van der Waals surface area (Å²) in [6.07, 6.45) is 3.23. The van der Waals surface area contributed by atoms with Crippen molar-refractivity contribution >= 4 is 11.9 Å². The number of ether oxygens (including phenoxy) is 1. The number of amides is 3. The van der Waals surface area contributed by atoms with Crippen LogP contribution in [0, 0.1) is 11.3 Å². The highest BCUT2D eigenvalue weighted by molar-refractivity contribution is 5.85. The number of carbonyl (C=O) groups excluding carboxylic acids is 2. The number of nitrogens with zero attached hydrogens (tertiary/aromatic N) is 1. The molecule has 1 aliphatic carbocycles. The summed E-state index contributed by atoms with van der Waals surface area (Å²) in [5, 5.41) is 5.84. The van der Waals surface area contributed by atoms with Gasteiger partial charge >= 0.3 is 6.03 Å². The molecule has 2 saturated heterocycles. The van der Waals surface area contributed by atoms with E-state index in [9.17, 15) is 9.59 Å². The second kappa shape index (κ2) is 5.81. The standard InChI is InChI=1S/C17H23N3O4/c1-18-15(21)17-4-6-23-9-11(17)8-20(10-17)16(22)19-13-7-12(13)14-3-2-5-24-14/h2-3,5,11-13H,4,6-10H2,1H3,(H,18,21)(H,19,22)/t11-,12+,13+,17+/m0/s1. The number of likely N-dealkylation sites (tertiary alicyclic amines) is 1. The first-order chi connectivity index (χ1) is 11.6. The molecule has 3 heterocycles. The molecule has 0 spiro atoms. The first-order valence-corrected chi connectivity index (χ1v) is 8.53. The Hall–Kier alpha value is -2.02. The number of fused-ring (bicyclic) bond motifs is 1. The van der Waals surface area contributed by atoms with Crippen LogP contribution in [0.5, 0.6) is 0 Å². The maximum Gasteiger partial charge on any atom is 0.317 e. The van der Waals surface area contributed by atoms with Crippen molar-refractivity contribution in [2.24, 2.45) is 11.3 Å². The summed E-state index contributed by atoms with van der Waals surface area (Å²) < 4.78 is 10.9. The first kappa shape index (κ1) is 15.5. The highest BCUT2D eigenvalue weighted by Gasteiger charge is 2.54. The smallest absolute Gasteiger partial charge is 0.317 e. The molecule has 1 aromatic rings. The van der Waals surface area contributed by atoms with E-state index in [2.05, 4.69) is 10.6 Å². The van der Waals surface area contributed by atoms with Gasteiger partial charge < -0.3 is 24.7 Å². The molecule has 1 saturated carbocycles. The maximum absolute atomic E-state index is 12.6. The third kappa shape index (κ3) is 2.47. The summed E-state index contributed by atoms with van der Waals surface area (Å²) >= 11 is 0. The van der Waals surface area contributed by atoms with E-state index in [1.54, 1.807) is 18.2 Å². The molecule has 2 N–H and O–H groups in total. The van der Waals surface area contributed by atoms with Gasteiger partial charge in [-0.15, -0.1) is 0 Å². The quantitative estimate of drug-likeness (QED) is 0.862. The minimum Gasteiger partial charge on any atom is -0.469 e. The highest BCUT2D eigenvalue weighted by atomic mass is 16.5. The zero-order valence-electron chi connectivity index (χ0n) is 13.8. The molecule has 0 bridgehead atoms. The van der Waals surface area contributed by atoms with Crippen molar-refractivity contribution in [2.45, 2.75) is 24.8 Å². The third-order valence-corrected chi connectivity index (χ3v) is 5.68. The lowest BCUT2D eigenvalue weighted by Gasteiger charge is -2.36. The number of hydrogen-bond acceptors (Lipinski definition) is 4.